The number of rotatable bonds is 3. The summed E-state index contributed by atoms with van der Waals surface area (Å²) in [6.45, 7) is 2.33. The normalized spacial score (nSPS) is 13.4. The summed E-state index contributed by atoms with van der Waals surface area (Å²) in [5.74, 6) is 0. The molecule has 0 saturated carbocycles. The molecule has 3 heteroatoms. The molecule has 0 aliphatic carbocycles. The first kappa shape index (κ1) is 11.8. The standard InChI is InChI=1S/C15H14BrNO/c16-14-4-1-11(2-5-14)8-17-15-6-3-12-9-18-10-13(12)7-15/h1-7,17H,8-10H2. The zero-order valence-electron chi connectivity index (χ0n) is 9.95. The van der Waals surface area contributed by atoms with Gasteiger partial charge in [-0.15, -0.1) is 0 Å². The van der Waals surface area contributed by atoms with Crippen molar-refractivity contribution >= 4 is 21.6 Å². The van der Waals surface area contributed by atoms with Crippen molar-refractivity contribution < 1.29 is 4.74 Å². The van der Waals surface area contributed by atoms with Gasteiger partial charge < -0.3 is 10.1 Å². The van der Waals surface area contributed by atoms with Crippen LogP contribution in [0, 0.1) is 0 Å². The average molecular weight is 304 g/mol. The molecule has 0 atom stereocenters. The Morgan fingerprint density at radius 3 is 2.61 bits per heavy atom. The number of nitrogens with one attached hydrogen (secondary N) is 1. The predicted molar refractivity (Wildman–Crippen MR) is 76.4 cm³/mol. The third-order valence-corrected chi connectivity index (χ3v) is 3.66. The van der Waals surface area contributed by atoms with E-state index in [0.717, 1.165) is 29.9 Å². The molecule has 1 heterocycles. The van der Waals surface area contributed by atoms with E-state index < -0.39 is 0 Å². The zero-order valence-corrected chi connectivity index (χ0v) is 11.5. The second-order valence-electron chi connectivity index (χ2n) is 4.46. The van der Waals surface area contributed by atoms with Crippen molar-refractivity contribution in [3.63, 3.8) is 0 Å². The Bertz CT molecular complexity index is 551. The Balaban J connectivity index is 1.68. The fraction of sp³-hybridized carbons (Fsp3) is 0.200. The predicted octanol–water partition coefficient (Wildman–Crippen LogP) is 4.09. The van der Waals surface area contributed by atoms with Crippen LogP contribution in [0.4, 0.5) is 5.69 Å². The smallest absolute Gasteiger partial charge is 0.0725 e. The molecule has 0 bridgehead atoms. The van der Waals surface area contributed by atoms with Crippen LogP contribution >= 0.6 is 15.9 Å². The Hall–Kier alpha value is -1.32. The van der Waals surface area contributed by atoms with Crippen LogP contribution in [0.25, 0.3) is 0 Å². The van der Waals surface area contributed by atoms with Crippen molar-refractivity contribution in [2.75, 3.05) is 5.32 Å². The fourth-order valence-electron chi connectivity index (χ4n) is 2.09. The molecule has 2 aromatic carbocycles. The Kier molecular flexibility index (Phi) is 3.35. The van der Waals surface area contributed by atoms with Crippen molar-refractivity contribution in [3.05, 3.63) is 63.6 Å². The first-order valence-electron chi connectivity index (χ1n) is 5.99. The fourth-order valence-corrected chi connectivity index (χ4v) is 2.35. The van der Waals surface area contributed by atoms with Crippen LogP contribution in [0.5, 0.6) is 0 Å². The second-order valence-corrected chi connectivity index (χ2v) is 5.37. The Morgan fingerprint density at radius 2 is 1.78 bits per heavy atom. The number of halogens is 1. The largest absolute Gasteiger partial charge is 0.381 e. The van der Waals surface area contributed by atoms with E-state index in [-0.39, 0.29) is 0 Å². The van der Waals surface area contributed by atoms with Gasteiger partial charge in [0, 0.05) is 16.7 Å². The minimum atomic E-state index is 0.739. The molecule has 1 N–H and O–H groups in total. The summed E-state index contributed by atoms with van der Waals surface area (Å²) in [4.78, 5) is 0. The van der Waals surface area contributed by atoms with Crippen molar-refractivity contribution in [1.29, 1.82) is 0 Å². The lowest BCUT2D eigenvalue weighted by Gasteiger charge is -2.08. The van der Waals surface area contributed by atoms with Crippen LogP contribution in [0.1, 0.15) is 16.7 Å². The summed E-state index contributed by atoms with van der Waals surface area (Å²) in [6, 6.07) is 14.8. The molecule has 1 aliphatic rings. The highest BCUT2D eigenvalue weighted by Crippen LogP contribution is 2.23. The van der Waals surface area contributed by atoms with E-state index in [1.54, 1.807) is 0 Å². The quantitative estimate of drug-likeness (QED) is 0.922. The van der Waals surface area contributed by atoms with Crippen molar-refractivity contribution in [3.8, 4) is 0 Å². The number of anilines is 1. The Morgan fingerprint density at radius 1 is 1.00 bits per heavy atom. The number of benzene rings is 2. The van der Waals surface area contributed by atoms with Gasteiger partial charge in [-0.25, -0.2) is 0 Å². The van der Waals surface area contributed by atoms with Gasteiger partial charge in [-0.2, -0.15) is 0 Å². The lowest BCUT2D eigenvalue weighted by atomic mass is 10.1. The molecule has 92 valence electrons. The lowest BCUT2D eigenvalue weighted by Crippen LogP contribution is -1.99. The van der Waals surface area contributed by atoms with Gasteiger partial charge in [0.2, 0.25) is 0 Å². The molecule has 2 nitrogen and oxygen atoms in total. The third-order valence-electron chi connectivity index (χ3n) is 3.13. The van der Waals surface area contributed by atoms with Gasteiger partial charge in [0.15, 0.2) is 0 Å². The highest BCUT2D eigenvalue weighted by atomic mass is 79.9. The van der Waals surface area contributed by atoms with Gasteiger partial charge in [-0.1, -0.05) is 34.1 Å². The van der Waals surface area contributed by atoms with E-state index in [1.807, 2.05) is 0 Å². The topological polar surface area (TPSA) is 21.3 Å². The monoisotopic (exact) mass is 303 g/mol. The first-order chi connectivity index (χ1) is 8.81. The zero-order chi connectivity index (χ0) is 12.4. The molecule has 0 saturated heterocycles. The molecule has 3 rings (SSSR count). The minimum Gasteiger partial charge on any atom is -0.381 e. The van der Waals surface area contributed by atoms with Gasteiger partial charge in [-0.3, -0.25) is 0 Å². The minimum absolute atomic E-state index is 0.739. The second kappa shape index (κ2) is 5.12. The summed E-state index contributed by atoms with van der Waals surface area (Å²) >= 11 is 3.44. The molecule has 1 aliphatic heterocycles. The third kappa shape index (κ3) is 2.57. The number of fused-ring (bicyclic) bond motifs is 1. The van der Waals surface area contributed by atoms with Crippen molar-refractivity contribution in [1.82, 2.24) is 0 Å². The van der Waals surface area contributed by atoms with E-state index in [2.05, 4.69) is 63.7 Å². The van der Waals surface area contributed by atoms with Crippen molar-refractivity contribution in [2.45, 2.75) is 19.8 Å². The molecule has 0 radical (unpaired) electrons. The molecule has 0 unspecified atom stereocenters. The summed E-state index contributed by atoms with van der Waals surface area (Å²) in [6.07, 6.45) is 0. The summed E-state index contributed by atoms with van der Waals surface area (Å²) in [7, 11) is 0. The summed E-state index contributed by atoms with van der Waals surface area (Å²) < 4.78 is 6.52. The van der Waals surface area contributed by atoms with Crippen LogP contribution in [0.2, 0.25) is 0 Å². The highest BCUT2D eigenvalue weighted by Gasteiger charge is 2.10. The van der Waals surface area contributed by atoms with Gasteiger partial charge >= 0.3 is 0 Å². The van der Waals surface area contributed by atoms with Crippen molar-refractivity contribution in [2.24, 2.45) is 0 Å². The molecule has 0 fully saturated rings. The molecule has 2 aromatic rings. The van der Waals surface area contributed by atoms with Crippen LogP contribution in [0.3, 0.4) is 0 Å². The van der Waals surface area contributed by atoms with Crippen LogP contribution in [0.15, 0.2) is 46.9 Å². The summed E-state index contributed by atoms with van der Waals surface area (Å²) in [5, 5.41) is 3.44. The lowest BCUT2D eigenvalue weighted by molar-refractivity contribution is 0.134. The van der Waals surface area contributed by atoms with Crippen LogP contribution in [-0.2, 0) is 24.5 Å². The maximum atomic E-state index is 5.41. The molecule has 18 heavy (non-hydrogen) atoms. The number of hydrogen-bond donors (Lipinski definition) is 1. The molecule has 0 amide bonds. The number of hydrogen-bond acceptors (Lipinski definition) is 2. The first-order valence-corrected chi connectivity index (χ1v) is 6.78. The average Bonchev–Trinajstić information content (AvgIpc) is 2.85. The SMILES string of the molecule is Brc1ccc(CNc2ccc3c(c2)COC3)cc1. The van der Waals surface area contributed by atoms with E-state index >= 15 is 0 Å². The van der Waals surface area contributed by atoms with E-state index in [1.165, 1.54) is 16.7 Å². The molecular formula is C15H14BrNO. The maximum absolute atomic E-state index is 5.41. The van der Waals surface area contributed by atoms with E-state index in [9.17, 15) is 0 Å². The van der Waals surface area contributed by atoms with Gasteiger partial charge in [-0.05, 0) is 41.0 Å². The van der Waals surface area contributed by atoms with E-state index in [0.29, 0.717) is 0 Å². The van der Waals surface area contributed by atoms with Crippen LogP contribution < -0.4 is 5.32 Å². The van der Waals surface area contributed by atoms with Gasteiger partial charge in [0.05, 0.1) is 13.2 Å². The van der Waals surface area contributed by atoms with Gasteiger partial charge in [0.25, 0.3) is 0 Å². The molecular weight excluding hydrogens is 290 g/mol. The summed E-state index contributed by atoms with van der Waals surface area (Å²) in [5.41, 5.74) is 5.04. The Labute approximate surface area is 115 Å². The maximum Gasteiger partial charge on any atom is 0.0725 e. The molecule has 0 aromatic heterocycles. The molecule has 0 spiro atoms. The van der Waals surface area contributed by atoms with E-state index in [4.69, 9.17) is 4.74 Å². The highest BCUT2D eigenvalue weighted by molar-refractivity contribution is 9.10. The number of ether oxygens (including phenoxy) is 1. The van der Waals surface area contributed by atoms with Gasteiger partial charge in [0.1, 0.15) is 0 Å². The van der Waals surface area contributed by atoms with Crippen LogP contribution in [-0.4, -0.2) is 0 Å².